The Kier molecular flexibility index (Phi) is 20.6. The fourth-order valence-corrected chi connectivity index (χ4v) is 3.82. The number of nitrogens with zero attached hydrogens (tertiary/aromatic N) is 2. The SMILES string of the molecule is C.C1CCOC1.CCOC(C)=O.NC1CC1.Nc1ccc(O)cc1NC1CC1.O=[N+]([O-])c1ccc(O)cc1F.O=[N+]([O-])c1ccc(O)cc1NC1CC1. The van der Waals surface area contributed by atoms with E-state index < -0.39 is 21.4 Å². The van der Waals surface area contributed by atoms with E-state index in [1.54, 1.807) is 25.1 Å². The lowest BCUT2D eigenvalue weighted by Crippen LogP contribution is -2.03. The van der Waals surface area contributed by atoms with Crippen LogP contribution in [0.15, 0.2) is 54.6 Å². The summed E-state index contributed by atoms with van der Waals surface area (Å²) in [5, 5.41) is 53.9. The van der Waals surface area contributed by atoms with Crippen LogP contribution < -0.4 is 22.1 Å². The molecule has 1 aliphatic heterocycles. The van der Waals surface area contributed by atoms with E-state index in [1.165, 1.54) is 63.6 Å². The normalized spacial score (nSPS) is 14.7. The van der Waals surface area contributed by atoms with Gasteiger partial charge in [-0.15, -0.1) is 0 Å². The van der Waals surface area contributed by atoms with Crippen molar-refractivity contribution in [2.45, 2.75) is 90.8 Å². The van der Waals surface area contributed by atoms with Crippen LogP contribution in [-0.4, -0.2) is 69.1 Å². The van der Waals surface area contributed by atoms with Gasteiger partial charge in [0.2, 0.25) is 5.82 Å². The molecule has 3 aliphatic carbocycles. The van der Waals surface area contributed by atoms with Crippen LogP contribution in [0.1, 0.15) is 72.6 Å². The van der Waals surface area contributed by atoms with Crippen LogP contribution >= 0.6 is 0 Å². The second kappa shape index (κ2) is 23.9. The quantitative estimate of drug-likeness (QED) is 0.0423. The molecule has 0 bridgehead atoms. The number of halogens is 1. The van der Waals surface area contributed by atoms with Crippen LogP contribution in [0.25, 0.3) is 0 Å². The van der Waals surface area contributed by atoms with Gasteiger partial charge in [0.05, 0.1) is 27.8 Å². The summed E-state index contributed by atoms with van der Waals surface area (Å²) >= 11 is 0. The van der Waals surface area contributed by atoms with Gasteiger partial charge >= 0.3 is 11.7 Å². The van der Waals surface area contributed by atoms with Gasteiger partial charge < -0.3 is 46.9 Å². The van der Waals surface area contributed by atoms with E-state index in [9.17, 15) is 39.6 Å². The highest BCUT2D eigenvalue weighted by Crippen LogP contribution is 2.33. The third-order valence-corrected chi connectivity index (χ3v) is 7.01. The van der Waals surface area contributed by atoms with Crippen molar-refractivity contribution in [2.24, 2.45) is 5.73 Å². The number of nitrogen functional groups attached to an aromatic ring is 1. The number of carbonyl (C=O) groups is 1. The molecule has 7 rings (SSSR count). The molecule has 4 fully saturated rings. The zero-order valence-corrected chi connectivity index (χ0v) is 29.3. The van der Waals surface area contributed by atoms with Crippen LogP contribution in [-0.2, 0) is 14.3 Å². The maximum atomic E-state index is 12.5. The number of benzene rings is 3. The first kappa shape index (κ1) is 45.6. The number of phenolic OH excluding ortho intramolecular Hbond substituents is 3. The first-order valence-electron chi connectivity index (χ1n) is 16.9. The summed E-state index contributed by atoms with van der Waals surface area (Å²) < 4.78 is 21.8. The molecule has 0 aromatic heterocycles. The Morgan fingerprint density at radius 2 is 1.26 bits per heavy atom. The molecule has 9 N–H and O–H groups in total. The maximum absolute atomic E-state index is 12.5. The number of nitrogens with two attached hydrogens (primary N) is 2. The van der Waals surface area contributed by atoms with Crippen LogP contribution in [0.3, 0.4) is 0 Å². The molecule has 0 radical (unpaired) electrons. The minimum atomic E-state index is -1.03. The highest BCUT2D eigenvalue weighted by Gasteiger charge is 2.25. The highest BCUT2D eigenvalue weighted by atomic mass is 19.1. The fraction of sp³-hybridized carbons (Fsp3) is 0.472. The zero-order valence-electron chi connectivity index (χ0n) is 29.3. The van der Waals surface area contributed by atoms with Gasteiger partial charge in [0.1, 0.15) is 22.9 Å². The topological polar surface area (TPSA) is 259 Å². The summed E-state index contributed by atoms with van der Waals surface area (Å²) in [4.78, 5) is 29.2. The van der Waals surface area contributed by atoms with Crippen molar-refractivity contribution in [3.63, 3.8) is 0 Å². The number of nitro groups is 2. The van der Waals surface area contributed by atoms with E-state index in [2.05, 4.69) is 15.4 Å². The van der Waals surface area contributed by atoms with Crippen LogP contribution in [0, 0.1) is 26.0 Å². The van der Waals surface area contributed by atoms with Crippen molar-refractivity contribution in [2.75, 3.05) is 36.2 Å². The number of aromatic hydroxyl groups is 3. The Morgan fingerprint density at radius 3 is 1.62 bits per heavy atom. The Bertz CT molecular complexity index is 1570. The molecule has 294 valence electrons. The lowest BCUT2D eigenvalue weighted by atomic mass is 10.2. The number of ether oxygens (including phenoxy) is 2. The molecule has 17 heteroatoms. The average molecular weight is 749 g/mol. The molecule has 0 unspecified atom stereocenters. The van der Waals surface area contributed by atoms with E-state index in [0.29, 0.717) is 42.2 Å². The Labute approximate surface area is 308 Å². The van der Waals surface area contributed by atoms with Gasteiger partial charge in [-0.3, -0.25) is 25.0 Å². The van der Waals surface area contributed by atoms with Crippen molar-refractivity contribution in [3.8, 4) is 17.2 Å². The summed E-state index contributed by atoms with van der Waals surface area (Å²) in [5.41, 5.74) is 12.2. The molecule has 0 amide bonds. The van der Waals surface area contributed by atoms with E-state index in [0.717, 1.165) is 43.9 Å². The number of esters is 1. The molecule has 0 spiro atoms. The molecule has 3 aromatic rings. The van der Waals surface area contributed by atoms with Crippen molar-refractivity contribution in [3.05, 3.63) is 80.6 Å². The molecule has 3 saturated carbocycles. The van der Waals surface area contributed by atoms with Gasteiger partial charge in [0, 0.05) is 68.6 Å². The summed E-state index contributed by atoms with van der Waals surface area (Å²) in [6.07, 6.45) is 9.56. The van der Waals surface area contributed by atoms with Gasteiger partial charge in [0.15, 0.2) is 0 Å². The van der Waals surface area contributed by atoms with Crippen molar-refractivity contribution >= 4 is 34.4 Å². The van der Waals surface area contributed by atoms with Crippen LogP contribution in [0.4, 0.5) is 32.8 Å². The smallest absolute Gasteiger partial charge is 0.305 e. The number of nitrogens with one attached hydrogen (secondary N) is 2. The molecule has 16 nitrogen and oxygen atoms in total. The fourth-order valence-electron chi connectivity index (χ4n) is 3.82. The maximum Gasteiger partial charge on any atom is 0.305 e. The highest BCUT2D eigenvalue weighted by molar-refractivity contribution is 5.69. The lowest BCUT2D eigenvalue weighted by molar-refractivity contribution is -0.387. The van der Waals surface area contributed by atoms with Gasteiger partial charge in [0.25, 0.3) is 5.69 Å². The number of carbonyl (C=O) groups excluding carboxylic acids is 1. The lowest BCUT2D eigenvalue weighted by Gasteiger charge is -2.07. The standard InChI is InChI=1S/C9H10N2O3.C9H12N2O.C6H4FNO3.C4H8O2.C4H8O.C3H7N.CH4/c12-7-3-4-9(11(13)14)8(5-7)10-6-1-2-6;10-8-4-3-7(12)5-9(8)11-6-1-2-6;7-5-3-4(9)1-2-6(5)8(10)11;1-3-6-4(2)5;1-2-4-5-3-1;4-3-1-2-3;/h3-6,10,12H,1-2H2;3-6,11-12H,1-2,10H2;1-3,9H;3H2,1-2H3;1-4H2;3H,1-2,4H2;1H4. The minimum Gasteiger partial charge on any atom is -0.508 e. The Hall–Kier alpha value is -5.42. The molecule has 1 saturated heterocycles. The Balaban J connectivity index is 0.000000333. The number of nitro benzene ring substituents is 2. The number of hydrogen-bond donors (Lipinski definition) is 7. The average Bonchev–Trinajstić information content (AvgIpc) is 4.04. The third kappa shape index (κ3) is 20.9. The van der Waals surface area contributed by atoms with Crippen molar-refractivity contribution < 1.29 is 43.8 Å². The molecule has 53 heavy (non-hydrogen) atoms. The van der Waals surface area contributed by atoms with Gasteiger partial charge in [-0.1, -0.05) is 7.43 Å². The molecule has 4 aliphatic rings. The number of rotatable bonds is 7. The third-order valence-electron chi connectivity index (χ3n) is 7.01. The van der Waals surface area contributed by atoms with Crippen molar-refractivity contribution in [1.29, 1.82) is 0 Å². The number of hydrogen-bond acceptors (Lipinski definition) is 14. The van der Waals surface area contributed by atoms with Crippen LogP contribution in [0.2, 0.25) is 0 Å². The molecular weight excluding hydrogens is 695 g/mol. The first-order chi connectivity index (χ1) is 24.7. The molecule has 0 atom stereocenters. The van der Waals surface area contributed by atoms with E-state index in [4.69, 9.17) is 21.3 Å². The summed E-state index contributed by atoms with van der Waals surface area (Å²) in [7, 11) is 0. The van der Waals surface area contributed by atoms with Gasteiger partial charge in [-0.05, 0) is 82.6 Å². The summed E-state index contributed by atoms with van der Waals surface area (Å²) in [6, 6.07) is 13.1. The van der Waals surface area contributed by atoms with Gasteiger partial charge in [-0.2, -0.15) is 4.39 Å². The molecule has 1 heterocycles. The summed E-state index contributed by atoms with van der Waals surface area (Å²) in [5.74, 6) is -1.27. The Morgan fingerprint density at radius 1 is 0.830 bits per heavy atom. The van der Waals surface area contributed by atoms with Crippen molar-refractivity contribution in [1.82, 2.24) is 0 Å². The molecular formula is C36H53FN6O10. The predicted octanol–water partition coefficient (Wildman–Crippen LogP) is 6.97. The van der Waals surface area contributed by atoms with E-state index >= 15 is 0 Å². The number of anilines is 3. The monoisotopic (exact) mass is 748 g/mol. The predicted molar refractivity (Wildman–Crippen MR) is 202 cm³/mol. The summed E-state index contributed by atoms with van der Waals surface area (Å²) in [6.45, 7) is 5.65. The number of phenols is 3. The zero-order chi connectivity index (χ0) is 38.6. The first-order valence-corrected chi connectivity index (χ1v) is 16.9. The second-order valence-electron chi connectivity index (χ2n) is 12.0. The second-order valence-corrected chi connectivity index (χ2v) is 12.0. The van der Waals surface area contributed by atoms with E-state index in [1.807, 2.05) is 0 Å². The minimum absolute atomic E-state index is 0. The largest absolute Gasteiger partial charge is 0.508 e. The van der Waals surface area contributed by atoms with Crippen LogP contribution in [0.5, 0.6) is 17.2 Å². The van der Waals surface area contributed by atoms with Gasteiger partial charge in [-0.25, -0.2) is 0 Å². The van der Waals surface area contributed by atoms with E-state index in [-0.39, 0.29) is 36.3 Å². The molecule has 3 aromatic carbocycles.